The topological polar surface area (TPSA) is 62.7 Å². The number of methoxy groups -OCH3 is 1. The number of carboxylic acids is 1. The SMILES string of the molecule is COc1c(C)cnc(N(C)[C@H](Cc2ccccc2)C(=O)O)c1C. The van der Waals surface area contributed by atoms with Crippen LogP contribution in [0, 0.1) is 13.8 Å². The zero-order valence-corrected chi connectivity index (χ0v) is 13.9. The van der Waals surface area contributed by atoms with Gasteiger partial charge in [0.2, 0.25) is 0 Å². The lowest BCUT2D eigenvalue weighted by atomic mass is 10.0. The number of pyridine rings is 1. The number of aromatic nitrogens is 1. The summed E-state index contributed by atoms with van der Waals surface area (Å²) in [6, 6.07) is 8.90. The number of anilines is 1. The maximum Gasteiger partial charge on any atom is 0.326 e. The quantitative estimate of drug-likeness (QED) is 0.888. The summed E-state index contributed by atoms with van der Waals surface area (Å²) in [5.74, 6) is 0.485. The fourth-order valence-electron chi connectivity index (χ4n) is 2.76. The zero-order chi connectivity index (χ0) is 17.0. The van der Waals surface area contributed by atoms with Crippen molar-refractivity contribution in [3.8, 4) is 5.75 Å². The number of likely N-dealkylation sites (N-methyl/N-ethyl adjacent to an activating group) is 1. The molecule has 0 radical (unpaired) electrons. The highest BCUT2D eigenvalue weighted by molar-refractivity contribution is 5.78. The van der Waals surface area contributed by atoms with Gasteiger partial charge in [0.15, 0.2) is 0 Å². The van der Waals surface area contributed by atoms with Crippen molar-refractivity contribution in [2.75, 3.05) is 19.1 Å². The molecule has 0 amide bonds. The first-order valence-electron chi connectivity index (χ1n) is 7.45. The summed E-state index contributed by atoms with van der Waals surface area (Å²) in [5.41, 5.74) is 2.75. The van der Waals surface area contributed by atoms with Crippen LogP contribution in [0.5, 0.6) is 5.75 Å². The molecule has 23 heavy (non-hydrogen) atoms. The number of nitrogens with zero attached hydrogens (tertiary/aromatic N) is 2. The predicted octanol–water partition coefficient (Wildman–Crippen LogP) is 2.84. The van der Waals surface area contributed by atoms with Crippen LogP contribution in [0.15, 0.2) is 36.5 Å². The largest absolute Gasteiger partial charge is 0.496 e. The molecule has 5 heteroatoms. The Balaban J connectivity index is 2.35. The molecule has 0 spiro atoms. The number of carboxylic acid groups (broad SMARTS) is 1. The van der Waals surface area contributed by atoms with Crippen molar-refractivity contribution < 1.29 is 14.6 Å². The smallest absolute Gasteiger partial charge is 0.326 e. The molecule has 0 fully saturated rings. The van der Waals surface area contributed by atoms with Gasteiger partial charge in [-0.3, -0.25) is 0 Å². The Morgan fingerprint density at radius 2 is 1.96 bits per heavy atom. The van der Waals surface area contributed by atoms with Crippen LogP contribution >= 0.6 is 0 Å². The predicted molar refractivity (Wildman–Crippen MR) is 90.2 cm³/mol. The number of rotatable bonds is 6. The molecule has 0 aliphatic carbocycles. The molecule has 0 aliphatic heterocycles. The molecule has 0 saturated carbocycles. The van der Waals surface area contributed by atoms with Gasteiger partial charge in [0, 0.05) is 30.8 Å². The normalized spacial score (nSPS) is 11.8. The highest BCUT2D eigenvalue weighted by Gasteiger charge is 2.26. The number of benzene rings is 1. The summed E-state index contributed by atoms with van der Waals surface area (Å²) in [6.07, 6.45) is 2.11. The molecule has 0 bridgehead atoms. The van der Waals surface area contributed by atoms with E-state index in [2.05, 4.69) is 4.98 Å². The van der Waals surface area contributed by atoms with Crippen molar-refractivity contribution in [1.82, 2.24) is 4.98 Å². The van der Waals surface area contributed by atoms with Crippen LogP contribution in [0.1, 0.15) is 16.7 Å². The Labute approximate surface area is 136 Å². The first-order valence-corrected chi connectivity index (χ1v) is 7.45. The molecule has 1 heterocycles. The van der Waals surface area contributed by atoms with Crippen LogP contribution in [0.25, 0.3) is 0 Å². The number of carbonyl (C=O) groups is 1. The standard InChI is InChI=1S/C18H22N2O3/c1-12-11-19-17(13(2)16(12)23-4)20(3)15(18(21)22)10-14-8-6-5-7-9-14/h5-9,11,15H,10H2,1-4H3,(H,21,22)/t15-/m1/s1. The second-order valence-electron chi connectivity index (χ2n) is 5.58. The van der Waals surface area contributed by atoms with Gasteiger partial charge < -0.3 is 14.7 Å². The van der Waals surface area contributed by atoms with Crippen molar-refractivity contribution in [3.63, 3.8) is 0 Å². The van der Waals surface area contributed by atoms with Crippen molar-refractivity contribution in [2.45, 2.75) is 26.3 Å². The minimum Gasteiger partial charge on any atom is -0.496 e. The monoisotopic (exact) mass is 314 g/mol. The van der Waals surface area contributed by atoms with Crippen molar-refractivity contribution in [3.05, 3.63) is 53.2 Å². The lowest BCUT2D eigenvalue weighted by Crippen LogP contribution is -2.41. The molecule has 1 aromatic heterocycles. The molecule has 0 saturated heterocycles. The molecule has 1 atom stereocenters. The van der Waals surface area contributed by atoms with E-state index in [0.717, 1.165) is 22.4 Å². The second-order valence-corrected chi connectivity index (χ2v) is 5.58. The molecular formula is C18H22N2O3. The van der Waals surface area contributed by atoms with Crippen LogP contribution in [-0.4, -0.2) is 36.3 Å². The fourth-order valence-corrected chi connectivity index (χ4v) is 2.76. The molecule has 5 nitrogen and oxygen atoms in total. The number of ether oxygens (including phenoxy) is 1. The van der Waals surface area contributed by atoms with Gasteiger partial charge in [-0.25, -0.2) is 9.78 Å². The summed E-state index contributed by atoms with van der Waals surface area (Å²) in [6.45, 7) is 3.81. The molecule has 1 aromatic carbocycles. The number of aliphatic carboxylic acids is 1. The third-order valence-electron chi connectivity index (χ3n) is 3.98. The highest BCUT2D eigenvalue weighted by Crippen LogP contribution is 2.30. The van der Waals surface area contributed by atoms with E-state index >= 15 is 0 Å². The van der Waals surface area contributed by atoms with Gasteiger partial charge in [0.25, 0.3) is 0 Å². The van der Waals surface area contributed by atoms with Gasteiger partial charge in [-0.05, 0) is 19.4 Å². The summed E-state index contributed by atoms with van der Waals surface area (Å²) >= 11 is 0. The Kier molecular flexibility index (Phi) is 5.21. The van der Waals surface area contributed by atoms with E-state index < -0.39 is 12.0 Å². The van der Waals surface area contributed by atoms with E-state index in [9.17, 15) is 9.90 Å². The average molecular weight is 314 g/mol. The lowest BCUT2D eigenvalue weighted by molar-refractivity contribution is -0.138. The molecule has 2 rings (SSSR count). The van der Waals surface area contributed by atoms with Gasteiger partial charge in [0.1, 0.15) is 17.6 Å². The summed E-state index contributed by atoms with van der Waals surface area (Å²) in [4.78, 5) is 17.9. The van der Waals surface area contributed by atoms with Crippen LogP contribution < -0.4 is 9.64 Å². The summed E-state index contributed by atoms with van der Waals surface area (Å²) in [5, 5.41) is 9.64. The van der Waals surface area contributed by atoms with Crippen molar-refractivity contribution in [1.29, 1.82) is 0 Å². The molecule has 0 aliphatic rings. The first-order chi connectivity index (χ1) is 11.0. The highest BCUT2D eigenvalue weighted by atomic mass is 16.5. The maximum atomic E-state index is 11.8. The molecule has 1 N–H and O–H groups in total. The Morgan fingerprint density at radius 3 is 2.52 bits per heavy atom. The first kappa shape index (κ1) is 16.8. The lowest BCUT2D eigenvalue weighted by Gasteiger charge is -2.28. The van der Waals surface area contributed by atoms with Crippen LogP contribution in [0.3, 0.4) is 0 Å². The zero-order valence-electron chi connectivity index (χ0n) is 13.9. The van der Waals surface area contributed by atoms with E-state index in [1.807, 2.05) is 44.2 Å². The molecule has 2 aromatic rings. The van der Waals surface area contributed by atoms with Crippen molar-refractivity contribution >= 4 is 11.8 Å². The van der Waals surface area contributed by atoms with E-state index in [4.69, 9.17) is 4.74 Å². The van der Waals surface area contributed by atoms with E-state index in [1.54, 1.807) is 25.3 Å². The second kappa shape index (κ2) is 7.13. The van der Waals surface area contributed by atoms with Gasteiger partial charge in [-0.15, -0.1) is 0 Å². The Bertz CT molecular complexity index is 686. The fraction of sp³-hybridized carbons (Fsp3) is 0.333. The van der Waals surface area contributed by atoms with Crippen LogP contribution in [-0.2, 0) is 11.2 Å². The van der Waals surface area contributed by atoms with Gasteiger partial charge in [0.05, 0.1) is 7.11 Å². The third-order valence-corrected chi connectivity index (χ3v) is 3.98. The molecule has 0 unspecified atom stereocenters. The third kappa shape index (κ3) is 3.62. The summed E-state index contributed by atoms with van der Waals surface area (Å²) < 4.78 is 5.41. The Hall–Kier alpha value is -2.56. The van der Waals surface area contributed by atoms with Gasteiger partial charge in [-0.1, -0.05) is 30.3 Å². The number of hydrogen-bond acceptors (Lipinski definition) is 4. The van der Waals surface area contributed by atoms with Gasteiger partial charge >= 0.3 is 5.97 Å². The minimum absolute atomic E-state index is 0.407. The van der Waals surface area contributed by atoms with Crippen LogP contribution in [0.4, 0.5) is 5.82 Å². The van der Waals surface area contributed by atoms with Crippen LogP contribution in [0.2, 0.25) is 0 Å². The van der Waals surface area contributed by atoms with E-state index in [1.165, 1.54) is 0 Å². The van der Waals surface area contributed by atoms with E-state index in [0.29, 0.717) is 12.2 Å². The van der Waals surface area contributed by atoms with E-state index in [-0.39, 0.29) is 0 Å². The summed E-state index contributed by atoms with van der Waals surface area (Å²) in [7, 11) is 3.36. The Morgan fingerprint density at radius 1 is 1.30 bits per heavy atom. The number of hydrogen-bond donors (Lipinski definition) is 1. The maximum absolute atomic E-state index is 11.8. The molecule has 122 valence electrons. The minimum atomic E-state index is -0.878. The average Bonchev–Trinajstić information content (AvgIpc) is 2.53. The molecular weight excluding hydrogens is 292 g/mol. The van der Waals surface area contributed by atoms with Crippen molar-refractivity contribution in [2.24, 2.45) is 0 Å². The van der Waals surface area contributed by atoms with Gasteiger partial charge in [-0.2, -0.15) is 0 Å². The number of aryl methyl sites for hydroxylation is 1.